The number of benzene rings is 1. The van der Waals surface area contributed by atoms with Gasteiger partial charge in [-0.2, -0.15) is 0 Å². The fraction of sp³-hybridized carbons (Fsp3) is 0.0714. The molecule has 100 valence electrons. The summed E-state index contributed by atoms with van der Waals surface area (Å²) in [5, 5.41) is 6.57. The van der Waals surface area contributed by atoms with Crippen LogP contribution in [-0.2, 0) is 6.54 Å². The minimum Gasteiger partial charge on any atom is -0.363 e. The van der Waals surface area contributed by atoms with Crippen LogP contribution in [0.4, 0.5) is 5.82 Å². The van der Waals surface area contributed by atoms with Crippen molar-refractivity contribution in [3.63, 3.8) is 0 Å². The van der Waals surface area contributed by atoms with Gasteiger partial charge in [-0.05, 0) is 0 Å². The molecule has 0 aliphatic heterocycles. The van der Waals surface area contributed by atoms with Crippen molar-refractivity contribution in [2.75, 3.05) is 5.32 Å². The smallest absolute Gasteiger partial charge is 0.163 e. The van der Waals surface area contributed by atoms with Crippen LogP contribution in [-0.4, -0.2) is 15.0 Å². The van der Waals surface area contributed by atoms with Gasteiger partial charge in [-0.25, -0.2) is 15.0 Å². The van der Waals surface area contributed by atoms with Gasteiger partial charge in [0, 0.05) is 23.2 Å². The lowest BCUT2D eigenvalue weighted by Crippen LogP contribution is -2.02. The Labute approximate surface area is 125 Å². The summed E-state index contributed by atoms with van der Waals surface area (Å²) in [7, 11) is 0. The number of anilines is 1. The van der Waals surface area contributed by atoms with Gasteiger partial charge in [0.2, 0.25) is 0 Å². The van der Waals surface area contributed by atoms with E-state index >= 15 is 0 Å². The highest BCUT2D eigenvalue weighted by molar-refractivity contribution is 7.09. The number of hydrogen-bond donors (Lipinski definition) is 1. The molecule has 0 aliphatic carbocycles. The molecule has 0 radical (unpaired) electrons. The summed E-state index contributed by atoms with van der Waals surface area (Å²) in [6.45, 7) is 0.624. The minimum atomic E-state index is 0.417. The van der Waals surface area contributed by atoms with E-state index in [1.165, 1.54) is 0 Å². The van der Waals surface area contributed by atoms with E-state index in [-0.39, 0.29) is 0 Å². The van der Waals surface area contributed by atoms with Crippen molar-refractivity contribution in [3.8, 4) is 11.4 Å². The van der Waals surface area contributed by atoms with Crippen LogP contribution in [0.25, 0.3) is 11.4 Å². The third-order valence-electron chi connectivity index (χ3n) is 2.63. The Morgan fingerprint density at radius 3 is 2.75 bits per heavy atom. The Morgan fingerprint density at radius 2 is 2.00 bits per heavy atom. The summed E-state index contributed by atoms with van der Waals surface area (Å²) < 4.78 is 0. The van der Waals surface area contributed by atoms with Gasteiger partial charge in [0.05, 0.1) is 6.54 Å². The number of nitrogens with one attached hydrogen (secondary N) is 1. The average molecular weight is 303 g/mol. The van der Waals surface area contributed by atoms with Crippen molar-refractivity contribution in [1.82, 2.24) is 15.0 Å². The van der Waals surface area contributed by atoms with E-state index < -0.39 is 0 Å². The van der Waals surface area contributed by atoms with Crippen LogP contribution in [0.2, 0.25) is 5.15 Å². The van der Waals surface area contributed by atoms with Crippen LogP contribution in [0.1, 0.15) is 5.01 Å². The maximum absolute atomic E-state index is 6.06. The van der Waals surface area contributed by atoms with Crippen molar-refractivity contribution < 1.29 is 0 Å². The molecule has 0 spiro atoms. The van der Waals surface area contributed by atoms with Crippen LogP contribution >= 0.6 is 22.9 Å². The Balaban J connectivity index is 1.83. The Kier molecular flexibility index (Phi) is 3.90. The first-order chi connectivity index (χ1) is 9.81. The highest BCUT2D eigenvalue weighted by Crippen LogP contribution is 2.20. The molecule has 3 aromatic rings. The lowest BCUT2D eigenvalue weighted by Gasteiger charge is -2.06. The maximum Gasteiger partial charge on any atom is 0.163 e. The van der Waals surface area contributed by atoms with E-state index in [9.17, 15) is 0 Å². The fourth-order valence-electron chi connectivity index (χ4n) is 1.73. The number of halogens is 1. The number of nitrogens with zero attached hydrogens (tertiary/aromatic N) is 3. The monoisotopic (exact) mass is 302 g/mol. The molecule has 4 nitrogen and oxygen atoms in total. The number of hydrogen-bond acceptors (Lipinski definition) is 5. The number of aromatic nitrogens is 3. The second-order valence-electron chi connectivity index (χ2n) is 4.04. The first kappa shape index (κ1) is 13.0. The van der Waals surface area contributed by atoms with Gasteiger partial charge < -0.3 is 5.32 Å². The van der Waals surface area contributed by atoms with Crippen molar-refractivity contribution in [2.45, 2.75) is 6.54 Å². The molecule has 0 bridgehead atoms. The summed E-state index contributed by atoms with van der Waals surface area (Å²) in [5.74, 6) is 1.30. The average Bonchev–Trinajstić information content (AvgIpc) is 2.99. The summed E-state index contributed by atoms with van der Waals surface area (Å²) in [6, 6.07) is 11.5. The predicted molar refractivity (Wildman–Crippen MR) is 81.9 cm³/mol. The van der Waals surface area contributed by atoms with Crippen LogP contribution in [0.3, 0.4) is 0 Å². The lowest BCUT2D eigenvalue weighted by molar-refractivity contribution is 1.06. The molecule has 20 heavy (non-hydrogen) atoms. The minimum absolute atomic E-state index is 0.417. The molecule has 0 aliphatic rings. The Morgan fingerprint density at radius 1 is 1.15 bits per heavy atom. The van der Waals surface area contributed by atoms with Gasteiger partial charge in [0.15, 0.2) is 5.82 Å². The second-order valence-corrected chi connectivity index (χ2v) is 5.41. The van der Waals surface area contributed by atoms with Gasteiger partial charge in [-0.1, -0.05) is 41.9 Å². The van der Waals surface area contributed by atoms with E-state index in [0.29, 0.717) is 23.3 Å². The highest BCUT2D eigenvalue weighted by atomic mass is 35.5. The molecule has 6 heteroatoms. The quantitative estimate of drug-likeness (QED) is 0.743. The molecule has 0 amide bonds. The zero-order valence-electron chi connectivity index (χ0n) is 10.5. The van der Waals surface area contributed by atoms with Crippen LogP contribution < -0.4 is 5.32 Å². The van der Waals surface area contributed by atoms with Crippen molar-refractivity contribution >= 4 is 28.8 Å². The first-order valence-electron chi connectivity index (χ1n) is 6.03. The molecule has 2 aromatic heterocycles. The molecule has 3 rings (SSSR count). The zero-order valence-corrected chi connectivity index (χ0v) is 12.0. The summed E-state index contributed by atoms with van der Waals surface area (Å²) in [4.78, 5) is 12.9. The van der Waals surface area contributed by atoms with E-state index in [2.05, 4.69) is 20.3 Å². The second kappa shape index (κ2) is 5.98. The molecule has 0 saturated carbocycles. The third-order valence-corrected chi connectivity index (χ3v) is 3.60. The van der Waals surface area contributed by atoms with Gasteiger partial charge in [-0.3, -0.25) is 0 Å². The number of rotatable bonds is 4. The van der Waals surface area contributed by atoms with E-state index in [4.69, 9.17) is 11.6 Å². The normalized spacial score (nSPS) is 10.4. The van der Waals surface area contributed by atoms with E-state index in [1.54, 1.807) is 23.6 Å². The van der Waals surface area contributed by atoms with Gasteiger partial charge in [0.1, 0.15) is 16.0 Å². The Bertz CT molecular complexity index is 686. The van der Waals surface area contributed by atoms with E-state index in [0.717, 1.165) is 10.6 Å². The standard InChI is InChI=1S/C14H11ClN4S/c15-11-8-12(17-9-13-16-6-7-20-13)19-14(18-11)10-4-2-1-3-5-10/h1-8H,9H2,(H,17,18,19). The highest BCUT2D eigenvalue weighted by Gasteiger charge is 2.06. The van der Waals surface area contributed by atoms with Crippen LogP contribution in [0.15, 0.2) is 48.0 Å². The van der Waals surface area contributed by atoms with Crippen molar-refractivity contribution in [2.24, 2.45) is 0 Å². The van der Waals surface area contributed by atoms with Crippen LogP contribution in [0.5, 0.6) is 0 Å². The maximum atomic E-state index is 6.06. The summed E-state index contributed by atoms with van der Waals surface area (Å²) in [5.41, 5.74) is 0.937. The molecule has 1 aromatic carbocycles. The van der Waals surface area contributed by atoms with Gasteiger partial charge >= 0.3 is 0 Å². The Hall–Kier alpha value is -1.98. The predicted octanol–water partition coefficient (Wildman–Crippen LogP) is 3.87. The fourth-order valence-corrected chi connectivity index (χ4v) is 2.47. The molecular weight excluding hydrogens is 292 g/mol. The molecule has 2 heterocycles. The van der Waals surface area contributed by atoms with Gasteiger partial charge in [0.25, 0.3) is 0 Å². The van der Waals surface area contributed by atoms with Crippen molar-refractivity contribution in [3.05, 3.63) is 58.1 Å². The van der Waals surface area contributed by atoms with Gasteiger partial charge in [-0.15, -0.1) is 11.3 Å². The summed E-state index contributed by atoms with van der Waals surface area (Å²) >= 11 is 7.65. The number of thiazole rings is 1. The third kappa shape index (κ3) is 3.12. The zero-order chi connectivity index (χ0) is 13.8. The topological polar surface area (TPSA) is 50.7 Å². The molecule has 0 saturated heterocycles. The lowest BCUT2D eigenvalue weighted by atomic mass is 10.2. The molecular formula is C14H11ClN4S. The van der Waals surface area contributed by atoms with Crippen molar-refractivity contribution in [1.29, 1.82) is 0 Å². The molecule has 0 atom stereocenters. The van der Waals surface area contributed by atoms with Crippen LogP contribution in [0, 0.1) is 0 Å². The van der Waals surface area contributed by atoms with E-state index in [1.807, 2.05) is 35.7 Å². The first-order valence-corrected chi connectivity index (χ1v) is 7.29. The molecule has 0 fully saturated rings. The molecule has 0 unspecified atom stereocenters. The molecule has 1 N–H and O–H groups in total. The SMILES string of the molecule is Clc1cc(NCc2nccs2)nc(-c2ccccc2)n1. The summed E-state index contributed by atoms with van der Waals surface area (Å²) in [6.07, 6.45) is 1.78. The largest absolute Gasteiger partial charge is 0.363 e.